The molecule has 9 heteroatoms. The summed E-state index contributed by atoms with van der Waals surface area (Å²) >= 11 is 2.86. The van der Waals surface area contributed by atoms with E-state index in [-0.39, 0.29) is 12.6 Å². The lowest BCUT2D eigenvalue weighted by molar-refractivity contribution is 0.0633. The molecule has 106 valence electrons. The van der Waals surface area contributed by atoms with Gasteiger partial charge in [-0.25, -0.2) is 9.69 Å². The zero-order valence-corrected chi connectivity index (χ0v) is 12.6. The largest absolute Gasteiger partial charge is 0.382 e. The van der Waals surface area contributed by atoms with E-state index in [0.717, 1.165) is 10.1 Å². The number of methoxy groups -OCH3 is 1. The number of carbonyl (C=O) groups excluding carboxylic acids is 1. The van der Waals surface area contributed by atoms with Crippen LogP contribution in [0.1, 0.15) is 6.92 Å². The Balaban J connectivity index is 2.20. The van der Waals surface area contributed by atoms with Crippen molar-refractivity contribution in [2.75, 3.05) is 31.4 Å². The van der Waals surface area contributed by atoms with E-state index >= 15 is 0 Å². The van der Waals surface area contributed by atoms with E-state index in [1.54, 1.807) is 18.8 Å². The van der Waals surface area contributed by atoms with E-state index in [0.29, 0.717) is 5.13 Å². The number of thioether (sulfide) groups is 1. The van der Waals surface area contributed by atoms with Crippen LogP contribution < -0.4 is 4.90 Å². The van der Waals surface area contributed by atoms with Crippen molar-refractivity contribution in [1.82, 2.24) is 15.1 Å². The maximum absolute atomic E-state index is 12.1. The summed E-state index contributed by atoms with van der Waals surface area (Å²) in [6.45, 7) is 2.29. The molecule has 2 atom stereocenters. The Bertz CT molecular complexity index is 456. The number of hydrogen-bond acceptors (Lipinski definition) is 7. The molecule has 0 aromatic carbocycles. The SMILES string of the molecule is CCSc1nnc(N2C(=O)N(C)C(COC)C2O)s1. The summed E-state index contributed by atoms with van der Waals surface area (Å²) in [5, 5.41) is 18.6. The van der Waals surface area contributed by atoms with Crippen LogP contribution in [0.3, 0.4) is 0 Å². The van der Waals surface area contributed by atoms with Crippen LogP contribution in [0, 0.1) is 0 Å². The van der Waals surface area contributed by atoms with Crippen molar-refractivity contribution in [2.45, 2.75) is 23.5 Å². The lowest BCUT2D eigenvalue weighted by Gasteiger charge is -2.19. The number of nitrogens with zero attached hydrogens (tertiary/aromatic N) is 4. The van der Waals surface area contributed by atoms with Gasteiger partial charge in [0.1, 0.15) is 6.04 Å². The second-order valence-electron chi connectivity index (χ2n) is 3.98. The first-order valence-electron chi connectivity index (χ1n) is 5.79. The highest BCUT2D eigenvalue weighted by Gasteiger charge is 2.45. The first kappa shape index (κ1) is 14.5. The van der Waals surface area contributed by atoms with Crippen LogP contribution in [-0.2, 0) is 4.74 Å². The summed E-state index contributed by atoms with van der Waals surface area (Å²) in [4.78, 5) is 14.9. The molecule has 2 rings (SSSR count). The molecule has 2 amide bonds. The number of rotatable bonds is 5. The molecule has 0 bridgehead atoms. The maximum Gasteiger partial charge on any atom is 0.328 e. The molecular weight excluding hydrogens is 288 g/mol. The van der Waals surface area contributed by atoms with E-state index < -0.39 is 12.3 Å². The van der Waals surface area contributed by atoms with Crippen molar-refractivity contribution in [3.05, 3.63) is 0 Å². The Hall–Kier alpha value is -0.900. The standard InChI is InChI=1S/C10H16N4O3S2/c1-4-18-9-12-11-8(19-9)14-7(15)6(5-17-3)13(2)10(14)16/h6-7,15H,4-5H2,1-3H3. The van der Waals surface area contributed by atoms with Gasteiger partial charge in [0.15, 0.2) is 10.6 Å². The molecule has 1 aliphatic rings. The van der Waals surface area contributed by atoms with E-state index in [1.165, 1.54) is 28.2 Å². The highest BCUT2D eigenvalue weighted by molar-refractivity contribution is 8.01. The van der Waals surface area contributed by atoms with E-state index in [4.69, 9.17) is 4.74 Å². The van der Waals surface area contributed by atoms with Crippen molar-refractivity contribution in [2.24, 2.45) is 0 Å². The van der Waals surface area contributed by atoms with Crippen LogP contribution in [0.5, 0.6) is 0 Å². The van der Waals surface area contributed by atoms with Gasteiger partial charge >= 0.3 is 6.03 Å². The first-order valence-corrected chi connectivity index (χ1v) is 7.59. The van der Waals surface area contributed by atoms with Gasteiger partial charge in [-0.15, -0.1) is 10.2 Å². The zero-order chi connectivity index (χ0) is 14.0. The molecule has 0 aliphatic carbocycles. The maximum atomic E-state index is 12.1. The number of aliphatic hydroxyl groups is 1. The molecule has 1 fully saturated rings. The Labute approximate surface area is 119 Å². The fraction of sp³-hybridized carbons (Fsp3) is 0.700. The number of aliphatic hydroxyl groups excluding tert-OH is 1. The highest BCUT2D eigenvalue weighted by atomic mass is 32.2. The summed E-state index contributed by atoms with van der Waals surface area (Å²) in [6.07, 6.45) is -0.968. The van der Waals surface area contributed by atoms with Gasteiger partial charge in [0.25, 0.3) is 0 Å². The van der Waals surface area contributed by atoms with Gasteiger partial charge in [0, 0.05) is 14.2 Å². The molecule has 1 aromatic heterocycles. The smallest absolute Gasteiger partial charge is 0.328 e. The van der Waals surface area contributed by atoms with Crippen LogP contribution in [0.2, 0.25) is 0 Å². The fourth-order valence-electron chi connectivity index (χ4n) is 1.84. The summed E-state index contributed by atoms with van der Waals surface area (Å²) < 4.78 is 5.81. The molecule has 1 aliphatic heterocycles. The van der Waals surface area contributed by atoms with Crippen molar-refractivity contribution >= 4 is 34.3 Å². The minimum atomic E-state index is -0.968. The molecule has 1 saturated heterocycles. The number of ether oxygens (including phenoxy) is 1. The predicted octanol–water partition coefficient (Wildman–Crippen LogP) is 0.855. The van der Waals surface area contributed by atoms with Crippen LogP contribution in [0.4, 0.5) is 9.93 Å². The third kappa shape index (κ3) is 2.69. The third-order valence-corrected chi connectivity index (χ3v) is 4.76. The van der Waals surface area contributed by atoms with Crippen molar-refractivity contribution in [1.29, 1.82) is 0 Å². The summed E-state index contributed by atoms with van der Waals surface area (Å²) in [6, 6.07) is -0.692. The van der Waals surface area contributed by atoms with Crippen molar-refractivity contribution < 1.29 is 14.6 Å². The molecule has 1 aromatic rings. The Morgan fingerprint density at radius 1 is 1.53 bits per heavy atom. The van der Waals surface area contributed by atoms with E-state index in [2.05, 4.69) is 10.2 Å². The number of likely N-dealkylation sites (N-methyl/N-ethyl adjacent to an activating group) is 1. The molecule has 2 heterocycles. The molecule has 1 N–H and O–H groups in total. The number of carbonyl (C=O) groups is 1. The number of aromatic nitrogens is 2. The molecule has 19 heavy (non-hydrogen) atoms. The Morgan fingerprint density at radius 3 is 2.89 bits per heavy atom. The Kier molecular flexibility index (Phi) is 4.61. The summed E-state index contributed by atoms with van der Waals surface area (Å²) in [5.41, 5.74) is 0. The number of anilines is 1. The molecule has 0 radical (unpaired) electrons. The topological polar surface area (TPSA) is 78.8 Å². The summed E-state index contributed by atoms with van der Waals surface area (Å²) in [7, 11) is 3.17. The minimum absolute atomic E-state index is 0.273. The van der Waals surface area contributed by atoms with Crippen LogP contribution in [0.15, 0.2) is 4.34 Å². The predicted molar refractivity (Wildman–Crippen MR) is 73.6 cm³/mol. The first-order chi connectivity index (χ1) is 9.10. The van der Waals surface area contributed by atoms with E-state index in [1.807, 2.05) is 6.92 Å². The van der Waals surface area contributed by atoms with Crippen molar-refractivity contribution in [3.8, 4) is 0 Å². The molecule has 0 saturated carbocycles. The highest BCUT2D eigenvalue weighted by Crippen LogP contribution is 2.33. The second kappa shape index (κ2) is 6.04. The van der Waals surface area contributed by atoms with Gasteiger partial charge in [0.05, 0.1) is 6.61 Å². The van der Waals surface area contributed by atoms with Crippen LogP contribution in [-0.4, -0.2) is 65.0 Å². The fourth-order valence-corrected chi connectivity index (χ4v) is 3.60. The molecule has 2 unspecified atom stereocenters. The lowest BCUT2D eigenvalue weighted by atomic mass is 10.3. The molecule has 7 nitrogen and oxygen atoms in total. The van der Waals surface area contributed by atoms with Gasteiger partial charge < -0.3 is 14.7 Å². The monoisotopic (exact) mass is 304 g/mol. The minimum Gasteiger partial charge on any atom is -0.382 e. The van der Waals surface area contributed by atoms with E-state index in [9.17, 15) is 9.90 Å². The van der Waals surface area contributed by atoms with Crippen LogP contribution >= 0.6 is 23.1 Å². The number of hydrogen-bond donors (Lipinski definition) is 1. The average molecular weight is 304 g/mol. The third-order valence-electron chi connectivity index (χ3n) is 2.82. The van der Waals surface area contributed by atoms with Gasteiger partial charge in [-0.1, -0.05) is 30.0 Å². The van der Waals surface area contributed by atoms with Crippen LogP contribution in [0.25, 0.3) is 0 Å². The Morgan fingerprint density at radius 2 is 2.26 bits per heavy atom. The van der Waals surface area contributed by atoms with Gasteiger partial charge in [-0.3, -0.25) is 0 Å². The van der Waals surface area contributed by atoms with Gasteiger partial charge in [-0.05, 0) is 5.75 Å². The number of urea groups is 1. The van der Waals surface area contributed by atoms with Crippen molar-refractivity contribution in [3.63, 3.8) is 0 Å². The number of amides is 2. The molecule has 0 spiro atoms. The van der Waals surface area contributed by atoms with Gasteiger partial charge in [-0.2, -0.15) is 0 Å². The molecular formula is C10H16N4O3S2. The quantitative estimate of drug-likeness (QED) is 0.642. The lowest BCUT2D eigenvalue weighted by Crippen LogP contribution is -2.39. The normalized spacial score (nSPS) is 23.5. The second-order valence-corrected chi connectivity index (χ2v) is 6.45. The summed E-state index contributed by atoms with van der Waals surface area (Å²) in [5.74, 6) is 0.886. The van der Waals surface area contributed by atoms with Gasteiger partial charge in [0.2, 0.25) is 5.13 Å². The zero-order valence-electron chi connectivity index (χ0n) is 10.9. The average Bonchev–Trinajstić information content (AvgIpc) is 2.90.